The Bertz CT molecular complexity index is 388. The first-order valence-corrected chi connectivity index (χ1v) is 6.28. The maximum atomic E-state index is 5.32. The Morgan fingerprint density at radius 1 is 1.39 bits per heavy atom. The van der Waals surface area contributed by atoms with Crippen LogP contribution in [0.1, 0.15) is 30.9 Å². The van der Waals surface area contributed by atoms with Gasteiger partial charge in [0.25, 0.3) is 0 Å². The predicted molar refractivity (Wildman–Crippen MR) is 73.7 cm³/mol. The summed E-state index contributed by atoms with van der Waals surface area (Å²) >= 11 is 0. The number of nitrogens with zero attached hydrogens (tertiary/aromatic N) is 2. The van der Waals surface area contributed by atoms with Crippen LogP contribution in [0, 0.1) is 0 Å². The largest absolute Gasteiger partial charge is 0.361 e. The molecule has 0 aromatic carbocycles. The predicted octanol–water partition coefficient (Wildman–Crippen LogP) is 1.65. The van der Waals surface area contributed by atoms with Crippen molar-refractivity contribution in [3.8, 4) is 0 Å². The van der Waals surface area contributed by atoms with Gasteiger partial charge in [0.15, 0.2) is 5.96 Å². The Morgan fingerprint density at radius 3 is 2.72 bits per heavy atom. The van der Waals surface area contributed by atoms with Crippen LogP contribution in [0.25, 0.3) is 0 Å². The van der Waals surface area contributed by atoms with Gasteiger partial charge in [-0.2, -0.15) is 0 Å². The summed E-state index contributed by atoms with van der Waals surface area (Å²) in [7, 11) is 1.74. The lowest BCUT2D eigenvalue weighted by Crippen LogP contribution is -2.37. The van der Waals surface area contributed by atoms with Gasteiger partial charge in [-0.1, -0.05) is 25.1 Å². The highest BCUT2D eigenvalue weighted by atomic mass is 16.5. The van der Waals surface area contributed by atoms with E-state index in [1.807, 2.05) is 0 Å². The summed E-state index contributed by atoms with van der Waals surface area (Å²) in [4.78, 5) is 4.13. The van der Waals surface area contributed by atoms with E-state index in [0.717, 1.165) is 35.8 Å². The second-order valence-electron chi connectivity index (χ2n) is 3.83. The minimum Gasteiger partial charge on any atom is -0.361 e. The molecular formula is C13H22N4O. The SMILES string of the molecule is C=CCNC(=NC)NCc1c(CC)noc1CC. The molecule has 0 aliphatic carbocycles. The molecule has 1 aromatic rings. The summed E-state index contributed by atoms with van der Waals surface area (Å²) in [6, 6.07) is 0. The van der Waals surface area contributed by atoms with Crippen molar-refractivity contribution in [2.24, 2.45) is 4.99 Å². The maximum Gasteiger partial charge on any atom is 0.191 e. The molecule has 0 aliphatic rings. The molecule has 0 aliphatic heterocycles. The van der Waals surface area contributed by atoms with Crippen LogP contribution in [0.5, 0.6) is 0 Å². The molecule has 0 unspecified atom stereocenters. The first-order chi connectivity index (χ1) is 8.76. The third-order valence-electron chi connectivity index (χ3n) is 2.68. The zero-order chi connectivity index (χ0) is 13.4. The molecule has 2 N–H and O–H groups in total. The van der Waals surface area contributed by atoms with Crippen LogP contribution in [0.3, 0.4) is 0 Å². The van der Waals surface area contributed by atoms with Crippen LogP contribution >= 0.6 is 0 Å². The van der Waals surface area contributed by atoms with E-state index in [1.54, 1.807) is 13.1 Å². The molecule has 0 saturated heterocycles. The lowest BCUT2D eigenvalue weighted by atomic mass is 10.1. The molecule has 1 rings (SSSR count). The molecule has 5 heteroatoms. The van der Waals surface area contributed by atoms with Crippen molar-refractivity contribution in [3.63, 3.8) is 0 Å². The van der Waals surface area contributed by atoms with Gasteiger partial charge in [-0.3, -0.25) is 4.99 Å². The number of nitrogens with one attached hydrogen (secondary N) is 2. The van der Waals surface area contributed by atoms with E-state index < -0.39 is 0 Å². The maximum absolute atomic E-state index is 5.32. The van der Waals surface area contributed by atoms with E-state index in [4.69, 9.17) is 4.52 Å². The number of rotatable bonds is 6. The topological polar surface area (TPSA) is 62.5 Å². The first-order valence-electron chi connectivity index (χ1n) is 6.28. The average Bonchev–Trinajstić information content (AvgIpc) is 2.81. The van der Waals surface area contributed by atoms with Crippen molar-refractivity contribution >= 4 is 5.96 Å². The molecule has 1 heterocycles. The first kappa shape index (κ1) is 14.3. The second-order valence-corrected chi connectivity index (χ2v) is 3.83. The monoisotopic (exact) mass is 250 g/mol. The fourth-order valence-electron chi connectivity index (χ4n) is 1.70. The Hall–Kier alpha value is -1.78. The number of guanidine groups is 1. The third kappa shape index (κ3) is 3.61. The fourth-order valence-corrected chi connectivity index (χ4v) is 1.70. The van der Waals surface area contributed by atoms with E-state index in [-0.39, 0.29) is 0 Å². The molecule has 5 nitrogen and oxygen atoms in total. The van der Waals surface area contributed by atoms with Gasteiger partial charge in [-0.05, 0) is 6.42 Å². The molecular weight excluding hydrogens is 228 g/mol. The van der Waals surface area contributed by atoms with Crippen LogP contribution < -0.4 is 10.6 Å². The van der Waals surface area contributed by atoms with Crippen LogP contribution in [-0.2, 0) is 19.4 Å². The number of hydrogen-bond donors (Lipinski definition) is 2. The van der Waals surface area contributed by atoms with Crippen LogP contribution in [0.15, 0.2) is 22.2 Å². The summed E-state index contributed by atoms with van der Waals surface area (Å²) < 4.78 is 5.32. The Labute approximate surface area is 108 Å². The van der Waals surface area contributed by atoms with Gasteiger partial charge < -0.3 is 15.2 Å². The number of hydrogen-bond acceptors (Lipinski definition) is 3. The summed E-state index contributed by atoms with van der Waals surface area (Å²) in [6.45, 7) is 9.16. The molecule has 100 valence electrons. The molecule has 0 bridgehead atoms. The van der Waals surface area contributed by atoms with E-state index in [9.17, 15) is 0 Å². The van der Waals surface area contributed by atoms with Crippen molar-refractivity contribution < 1.29 is 4.52 Å². The normalized spacial score (nSPS) is 11.4. The van der Waals surface area contributed by atoms with Crippen molar-refractivity contribution in [1.29, 1.82) is 0 Å². The molecule has 0 atom stereocenters. The van der Waals surface area contributed by atoms with E-state index in [2.05, 4.69) is 41.2 Å². The minimum absolute atomic E-state index is 0.673. The summed E-state index contributed by atoms with van der Waals surface area (Å²) in [6.07, 6.45) is 3.52. The van der Waals surface area contributed by atoms with Crippen LogP contribution in [-0.4, -0.2) is 24.7 Å². The quantitative estimate of drug-likeness (QED) is 0.458. The zero-order valence-electron chi connectivity index (χ0n) is 11.4. The zero-order valence-corrected chi connectivity index (χ0v) is 11.4. The highest BCUT2D eigenvalue weighted by Crippen LogP contribution is 2.15. The number of aromatic nitrogens is 1. The van der Waals surface area contributed by atoms with Crippen molar-refractivity contribution in [3.05, 3.63) is 29.7 Å². The van der Waals surface area contributed by atoms with E-state index in [1.165, 1.54) is 0 Å². The Kier molecular flexibility index (Phi) is 5.97. The molecule has 18 heavy (non-hydrogen) atoms. The van der Waals surface area contributed by atoms with Gasteiger partial charge in [-0.15, -0.1) is 6.58 Å². The van der Waals surface area contributed by atoms with Crippen molar-refractivity contribution in [2.45, 2.75) is 33.2 Å². The van der Waals surface area contributed by atoms with Gasteiger partial charge in [0.2, 0.25) is 0 Å². The number of aryl methyl sites for hydroxylation is 2. The van der Waals surface area contributed by atoms with E-state index in [0.29, 0.717) is 13.1 Å². The minimum atomic E-state index is 0.673. The van der Waals surface area contributed by atoms with Gasteiger partial charge in [0.1, 0.15) is 5.76 Å². The van der Waals surface area contributed by atoms with Gasteiger partial charge in [-0.25, -0.2) is 0 Å². The standard InChI is InChI=1S/C13H22N4O/c1-5-8-15-13(14-4)16-9-10-11(6-2)17-18-12(10)7-3/h5H,1,6-9H2,2-4H3,(H2,14,15,16). The smallest absolute Gasteiger partial charge is 0.191 e. The molecule has 1 aromatic heterocycles. The number of aliphatic imine (C=N–C) groups is 1. The fraction of sp³-hybridized carbons (Fsp3) is 0.538. The summed E-state index contributed by atoms with van der Waals surface area (Å²) in [5.74, 6) is 1.69. The van der Waals surface area contributed by atoms with Gasteiger partial charge in [0, 0.05) is 32.1 Å². The highest BCUT2D eigenvalue weighted by Gasteiger charge is 2.13. The highest BCUT2D eigenvalue weighted by molar-refractivity contribution is 5.79. The lowest BCUT2D eigenvalue weighted by molar-refractivity contribution is 0.380. The summed E-state index contributed by atoms with van der Waals surface area (Å²) in [5, 5.41) is 10.5. The summed E-state index contributed by atoms with van der Waals surface area (Å²) in [5.41, 5.74) is 2.15. The molecule has 0 fully saturated rings. The molecule has 0 spiro atoms. The third-order valence-corrected chi connectivity index (χ3v) is 2.68. The van der Waals surface area contributed by atoms with Crippen molar-refractivity contribution in [2.75, 3.05) is 13.6 Å². The van der Waals surface area contributed by atoms with Crippen LogP contribution in [0.2, 0.25) is 0 Å². The van der Waals surface area contributed by atoms with E-state index >= 15 is 0 Å². The lowest BCUT2D eigenvalue weighted by Gasteiger charge is -2.10. The Morgan fingerprint density at radius 2 is 2.17 bits per heavy atom. The Balaban J connectivity index is 2.66. The van der Waals surface area contributed by atoms with Crippen molar-refractivity contribution in [1.82, 2.24) is 15.8 Å². The van der Waals surface area contributed by atoms with Gasteiger partial charge in [0.05, 0.1) is 5.69 Å². The molecule has 0 radical (unpaired) electrons. The van der Waals surface area contributed by atoms with Gasteiger partial charge >= 0.3 is 0 Å². The molecule has 0 saturated carbocycles. The molecule has 0 amide bonds. The average molecular weight is 250 g/mol. The second kappa shape index (κ2) is 7.53. The van der Waals surface area contributed by atoms with Crippen LogP contribution in [0.4, 0.5) is 0 Å².